The summed E-state index contributed by atoms with van der Waals surface area (Å²) in [6, 6.07) is 9.81. The molecule has 4 nitrogen and oxygen atoms in total. The monoisotopic (exact) mass is 286 g/mol. The molecule has 4 heteroatoms. The van der Waals surface area contributed by atoms with Crippen molar-refractivity contribution in [3.05, 3.63) is 41.6 Å². The maximum Gasteiger partial charge on any atom is 0.312 e. The van der Waals surface area contributed by atoms with Crippen molar-refractivity contribution in [1.29, 1.82) is 0 Å². The van der Waals surface area contributed by atoms with Gasteiger partial charge in [-0.25, -0.2) is 4.68 Å². The average Bonchev–Trinajstić information content (AvgIpc) is 2.83. The Hall–Kier alpha value is -2.10. The molecule has 2 aromatic rings. The molecule has 0 aliphatic heterocycles. The summed E-state index contributed by atoms with van der Waals surface area (Å²) in [5.41, 5.74) is 2.84. The van der Waals surface area contributed by atoms with Crippen LogP contribution in [-0.4, -0.2) is 15.7 Å². The van der Waals surface area contributed by atoms with E-state index in [4.69, 9.17) is 4.74 Å². The van der Waals surface area contributed by atoms with Crippen molar-refractivity contribution in [2.75, 3.05) is 0 Å². The number of ether oxygens (including phenoxy) is 1. The molecule has 0 saturated heterocycles. The zero-order valence-electron chi connectivity index (χ0n) is 13.3. The van der Waals surface area contributed by atoms with Gasteiger partial charge in [-0.15, -0.1) is 0 Å². The molecule has 112 valence electrons. The van der Waals surface area contributed by atoms with Gasteiger partial charge in [0, 0.05) is 17.9 Å². The quantitative estimate of drug-likeness (QED) is 0.806. The van der Waals surface area contributed by atoms with Gasteiger partial charge in [0.05, 0.1) is 11.4 Å². The molecule has 0 unspecified atom stereocenters. The fourth-order valence-corrected chi connectivity index (χ4v) is 1.86. The van der Waals surface area contributed by atoms with Crippen LogP contribution in [0.3, 0.4) is 0 Å². The molecule has 0 spiro atoms. The van der Waals surface area contributed by atoms with E-state index >= 15 is 0 Å². The van der Waals surface area contributed by atoms with E-state index in [0.29, 0.717) is 12.3 Å². The Morgan fingerprint density at radius 3 is 2.38 bits per heavy atom. The van der Waals surface area contributed by atoms with Gasteiger partial charge in [0.15, 0.2) is 0 Å². The zero-order chi connectivity index (χ0) is 15.6. The highest BCUT2D eigenvalue weighted by Gasteiger charge is 2.22. The minimum absolute atomic E-state index is 0.108. The number of rotatable bonds is 3. The number of esters is 1. The summed E-state index contributed by atoms with van der Waals surface area (Å²) in [7, 11) is 0. The lowest BCUT2D eigenvalue weighted by molar-refractivity contribution is -0.134. The summed E-state index contributed by atoms with van der Waals surface area (Å²) in [6.07, 6.45) is 0.337. The maximum atomic E-state index is 11.6. The molecule has 0 radical (unpaired) electrons. The number of benzene rings is 1. The SMILES string of the molecule is CCC(=O)Oc1cc(C(C)(C)C)nn1-c1ccc(C)cc1. The summed E-state index contributed by atoms with van der Waals surface area (Å²) >= 11 is 0. The lowest BCUT2D eigenvalue weighted by Crippen LogP contribution is -2.12. The number of carbonyl (C=O) groups is 1. The van der Waals surface area contributed by atoms with Crippen LogP contribution in [-0.2, 0) is 10.2 Å². The van der Waals surface area contributed by atoms with Crippen LogP contribution in [0.2, 0.25) is 0 Å². The first-order chi connectivity index (χ1) is 9.81. The number of hydrogen-bond donors (Lipinski definition) is 0. The molecule has 0 atom stereocenters. The molecule has 0 aliphatic rings. The molecule has 0 saturated carbocycles. The third-order valence-electron chi connectivity index (χ3n) is 3.23. The predicted octanol–water partition coefficient (Wildman–Crippen LogP) is 3.79. The van der Waals surface area contributed by atoms with Crippen molar-refractivity contribution in [1.82, 2.24) is 9.78 Å². The predicted molar refractivity (Wildman–Crippen MR) is 82.9 cm³/mol. The van der Waals surface area contributed by atoms with E-state index in [2.05, 4.69) is 25.9 Å². The number of aryl methyl sites for hydroxylation is 1. The highest BCUT2D eigenvalue weighted by atomic mass is 16.5. The summed E-state index contributed by atoms with van der Waals surface area (Å²) in [5.74, 6) is 0.208. The molecule has 0 amide bonds. The number of carbonyl (C=O) groups excluding carboxylic acids is 1. The lowest BCUT2D eigenvalue weighted by atomic mass is 9.93. The van der Waals surface area contributed by atoms with Crippen LogP contribution < -0.4 is 4.74 Å². The fraction of sp³-hybridized carbons (Fsp3) is 0.412. The Morgan fingerprint density at radius 2 is 1.86 bits per heavy atom. The molecule has 0 N–H and O–H groups in total. The molecule has 0 bridgehead atoms. The number of hydrogen-bond acceptors (Lipinski definition) is 3. The number of nitrogens with zero attached hydrogens (tertiary/aromatic N) is 2. The van der Waals surface area contributed by atoms with Crippen molar-refractivity contribution < 1.29 is 9.53 Å². The molecule has 1 aromatic carbocycles. The van der Waals surface area contributed by atoms with E-state index in [1.807, 2.05) is 37.3 Å². The molecule has 2 rings (SSSR count). The lowest BCUT2D eigenvalue weighted by Gasteiger charge is -2.13. The molecule has 21 heavy (non-hydrogen) atoms. The minimum atomic E-state index is -0.260. The van der Waals surface area contributed by atoms with Crippen molar-refractivity contribution in [3.8, 4) is 11.6 Å². The van der Waals surface area contributed by atoms with Gasteiger partial charge in [0.1, 0.15) is 0 Å². The van der Waals surface area contributed by atoms with E-state index < -0.39 is 0 Å². The van der Waals surface area contributed by atoms with Crippen LogP contribution >= 0.6 is 0 Å². The van der Waals surface area contributed by atoms with Crippen molar-refractivity contribution in [2.24, 2.45) is 0 Å². The van der Waals surface area contributed by atoms with E-state index in [-0.39, 0.29) is 11.4 Å². The Labute approximate surface area is 125 Å². The van der Waals surface area contributed by atoms with Gasteiger partial charge in [0.25, 0.3) is 0 Å². The Morgan fingerprint density at radius 1 is 1.24 bits per heavy atom. The van der Waals surface area contributed by atoms with Crippen molar-refractivity contribution in [3.63, 3.8) is 0 Å². The van der Waals surface area contributed by atoms with Crippen LogP contribution in [0.4, 0.5) is 0 Å². The third kappa shape index (κ3) is 3.51. The standard InChI is InChI=1S/C17H22N2O2/c1-6-16(20)21-15-11-14(17(3,4)5)18-19(15)13-9-7-12(2)8-10-13/h7-11H,6H2,1-5H3. The number of aromatic nitrogens is 2. The van der Waals surface area contributed by atoms with E-state index in [9.17, 15) is 4.79 Å². The van der Waals surface area contributed by atoms with Gasteiger partial charge in [0.2, 0.25) is 5.88 Å². The molecule has 0 aliphatic carbocycles. The minimum Gasteiger partial charge on any atom is -0.407 e. The largest absolute Gasteiger partial charge is 0.407 e. The third-order valence-corrected chi connectivity index (χ3v) is 3.23. The van der Waals surface area contributed by atoms with Gasteiger partial charge < -0.3 is 4.74 Å². The highest BCUT2D eigenvalue weighted by molar-refractivity contribution is 5.71. The van der Waals surface area contributed by atoms with E-state index in [1.54, 1.807) is 11.6 Å². The highest BCUT2D eigenvalue weighted by Crippen LogP contribution is 2.27. The first-order valence-electron chi connectivity index (χ1n) is 7.19. The van der Waals surface area contributed by atoms with Gasteiger partial charge in [-0.3, -0.25) is 4.79 Å². The van der Waals surface area contributed by atoms with Crippen LogP contribution in [0.15, 0.2) is 30.3 Å². The first-order valence-corrected chi connectivity index (χ1v) is 7.19. The molecule has 0 fully saturated rings. The van der Waals surface area contributed by atoms with Gasteiger partial charge in [-0.05, 0) is 19.1 Å². The average molecular weight is 286 g/mol. The summed E-state index contributed by atoms with van der Waals surface area (Å²) in [6.45, 7) is 10.1. The van der Waals surface area contributed by atoms with Gasteiger partial charge >= 0.3 is 5.97 Å². The van der Waals surface area contributed by atoms with E-state index in [1.165, 1.54) is 5.56 Å². The van der Waals surface area contributed by atoms with Gasteiger partial charge in [-0.1, -0.05) is 45.4 Å². The second-order valence-corrected chi connectivity index (χ2v) is 6.19. The topological polar surface area (TPSA) is 44.1 Å². The maximum absolute atomic E-state index is 11.6. The Balaban J connectivity index is 2.49. The second-order valence-electron chi connectivity index (χ2n) is 6.19. The summed E-state index contributed by atoms with van der Waals surface area (Å²) < 4.78 is 7.10. The van der Waals surface area contributed by atoms with Crippen LogP contribution in [0, 0.1) is 6.92 Å². The molecule has 1 aromatic heterocycles. The fourth-order valence-electron chi connectivity index (χ4n) is 1.86. The molecular formula is C17H22N2O2. The van der Waals surface area contributed by atoms with Crippen LogP contribution in [0.5, 0.6) is 5.88 Å². The van der Waals surface area contributed by atoms with Crippen molar-refractivity contribution >= 4 is 5.97 Å². The Kier molecular flexibility index (Phi) is 4.16. The van der Waals surface area contributed by atoms with Crippen LogP contribution in [0.1, 0.15) is 45.4 Å². The van der Waals surface area contributed by atoms with E-state index in [0.717, 1.165) is 11.4 Å². The van der Waals surface area contributed by atoms with Crippen LogP contribution in [0.25, 0.3) is 5.69 Å². The second kappa shape index (κ2) is 5.72. The molecular weight excluding hydrogens is 264 g/mol. The smallest absolute Gasteiger partial charge is 0.312 e. The Bertz CT molecular complexity index is 634. The zero-order valence-corrected chi connectivity index (χ0v) is 13.3. The first kappa shape index (κ1) is 15.3. The summed E-state index contributed by atoms with van der Waals surface area (Å²) in [5, 5.41) is 4.61. The molecule has 1 heterocycles. The van der Waals surface area contributed by atoms with Crippen molar-refractivity contribution in [2.45, 2.75) is 46.5 Å². The summed E-state index contributed by atoms with van der Waals surface area (Å²) in [4.78, 5) is 11.6. The van der Waals surface area contributed by atoms with Gasteiger partial charge in [-0.2, -0.15) is 5.10 Å². The normalized spacial score (nSPS) is 11.5.